The molecule has 0 saturated heterocycles. The van der Waals surface area contributed by atoms with Crippen LogP contribution in [0, 0.1) is 11.3 Å². The SMILES string of the molecule is CCOc1ccc(C(O)C2CCCC2(C)C)cc1Br. The third kappa shape index (κ3) is 3.14. The van der Waals surface area contributed by atoms with Gasteiger partial charge in [-0.05, 0) is 64.7 Å². The maximum atomic E-state index is 10.6. The van der Waals surface area contributed by atoms with E-state index in [4.69, 9.17) is 4.74 Å². The zero-order chi connectivity index (χ0) is 14.0. The Morgan fingerprint density at radius 2 is 2.21 bits per heavy atom. The van der Waals surface area contributed by atoms with E-state index in [2.05, 4.69) is 29.8 Å². The Kier molecular flexibility index (Phi) is 4.57. The summed E-state index contributed by atoms with van der Waals surface area (Å²) in [7, 11) is 0. The van der Waals surface area contributed by atoms with Gasteiger partial charge >= 0.3 is 0 Å². The van der Waals surface area contributed by atoms with E-state index in [0.29, 0.717) is 12.5 Å². The van der Waals surface area contributed by atoms with E-state index in [1.807, 2.05) is 25.1 Å². The van der Waals surface area contributed by atoms with E-state index in [1.54, 1.807) is 0 Å². The second-order valence-electron chi connectivity index (χ2n) is 6.06. The molecule has 19 heavy (non-hydrogen) atoms. The van der Waals surface area contributed by atoms with Gasteiger partial charge in [-0.25, -0.2) is 0 Å². The zero-order valence-corrected chi connectivity index (χ0v) is 13.5. The van der Waals surface area contributed by atoms with Crippen LogP contribution in [0.1, 0.15) is 51.7 Å². The lowest BCUT2D eigenvalue weighted by atomic mass is 9.77. The lowest BCUT2D eigenvalue weighted by Gasteiger charge is -2.31. The summed E-state index contributed by atoms with van der Waals surface area (Å²) in [5.41, 5.74) is 1.21. The Bertz CT molecular complexity index is 442. The van der Waals surface area contributed by atoms with Crippen LogP contribution in [0.25, 0.3) is 0 Å². The number of halogens is 1. The van der Waals surface area contributed by atoms with E-state index >= 15 is 0 Å². The van der Waals surface area contributed by atoms with Crippen LogP contribution in [0.2, 0.25) is 0 Å². The number of hydrogen-bond donors (Lipinski definition) is 1. The lowest BCUT2D eigenvalue weighted by Crippen LogP contribution is -2.24. The van der Waals surface area contributed by atoms with Crippen LogP contribution in [-0.4, -0.2) is 11.7 Å². The van der Waals surface area contributed by atoms with Gasteiger partial charge in [-0.15, -0.1) is 0 Å². The number of rotatable bonds is 4. The second-order valence-corrected chi connectivity index (χ2v) is 6.91. The van der Waals surface area contributed by atoms with Gasteiger partial charge in [-0.3, -0.25) is 0 Å². The van der Waals surface area contributed by atoms with Crippen molar-refractivity contribution in [2.45, 2.75) is 46.1 Å². The Hall–Kier alpha value is -0.540. The predicted molar refractivity (Wildman–Crippen MR) is 81.4 cm³/mol. The maximum absolute atomic E-state index is 10.6. The molecule has 0 aromatic heterocycles. The molecule has 3 heteroatoms. The molecule has 0 aliphatic heterocycles. The van der Waals surface area contributed by atoms with Gasteiger partial charge in [0.2, 0.25) is 0 Å². The molecule has 2 nitrogen and oxygen atoms in total. The van der Waals surface area contributed by atoms with Gasteiger partial charge in [-0.2, -0.15) is 0 Å². The van der Waals surface area contributed by atoms with Gasteiger partial charge in [0.25, 0.3) is 0 Å². The van der Waals surface area contributed by atoms with Gasteiger partial charge in [0.1, 0.15) is 5.75 Å². The van der Waals surface area contributed by atoms with Crippen LogP contribution in [0.4, 0.5) is 0 Å². The van der Waals surface area contributed by atoms with Crippen LogP contribution >= 0.6 is 15.9 Å². The van der Waals surface area contributed by atoms with E-state index in [1.165, 1.54) is 12.8 Å². The first kappa shape index (κ1) is 14.9. The monoisotopic (exact) mass is 326 g/mol. The third-order valence-corrected chi connectivity index (χ3v) is 4.94. The minimum Gasteiger partial charge on any atom is -0.493 e. The van der Waals surface area contributed by atoms with Crippen molar-refractivity contribution >= 4 is 15.9 Å². The van der Waals surface area contributed by atoms with E-state index < -0.39 is 0 Å². The molecule has 2 unspecified atom stereocenters. The molecule has 1 aromatic carbocycles. The Labute approximate surface area is 124 Å². The average molecular weight is 327 g/mol. The Morgan fingerprint density at radius 1 is 1.47 bits per heavy atom. The molecular formula is C16H23BrO2. The summed E-state index contributed by atoms with van der Waals surface area (Å²) in [6, 6.07) is 5.91. The molecular weight excluding hydrogens is 304 g/mol. The first-order chi connectivity index (χ1) is 8.95. The van der Waals surface area contributed by atoms with Crippen molar-refractivity contribution in [3.63, 3.8) is 0 Å². The van der Waals surface area contributed by atoms with Crippen LogP contribution in [0.15, 0.2) is 22.7 Å². The molecule has 106 valence electrons. The summed E-state index contributed by atoms with van der Waals surface area (Å²) in [5.74, 6) is 1.18. The molecule has 0 bridgehead atoms. The van der Waals surface area contributed by atoms with Gasteiger partial charge in [0, 0.05) is 0 Å². The summed E-state index contributed by atoms with van der Waals surface area (Å²) in [6.45, 7) is 7.14. The summed E-state index contributed by atoms with van der Waals surface area (Å²) in [4.78, 5) is 0. The highest BCUT2D eigenvalue weighted by molar-refractivity contribution is 9.10. The maximum Gasteiger partial charge on any atom is 0.133 e. The standard InChI is InChI=1S/C16H23BrO2/c1-4-19-14-8-7-11(10-13(14)17)15(18)12-6-5-9-16(12,2)3/h7-8,10,12,15,18H,4-6,9H2,1-3H3. The number of aliphatic hydroxyl groups excluding tert-OH is 1. The molecule has 1 fully saturated rings. The summed E-state index contributed by atoms with van der Waals surface area (Å²) < 4.78 is 6.43. The summed E-state index contributed by atoms with van der Waals surface area (Å²) >= 11 is 3.52. The molecule has 1 saturated carbocycles. The van der Waals surface area contributed by atoms with Gasteiger partial charge in [0.15, 0.2) is 0 Å². The van der Waals surface area contributed by atoms with Crippen molar-refractivity contribution in [3.05, 3.63) is 28.2 Å². The smallest absolute Gasteiger partial charge is 0.133 e. The van der Waals surface area contributed by atoms with Gasteiger partial charge in [-0.1, -0.05) is 26.3 Å². The first-order valence-electron chi connectivity index (χ1n) is 7.06. The largest absolute Gasteiger partial charge is 0.493 e. The molecule has 0 radical (unpaired) electrons. The highest BCUT2D eigenvalue weighted by atomic mass is 79.9. The topological polar surface area (TPSA) is 29.5 Å². The minimum atomic E-state index is -0.385. The molecule has 0 spiro atoms. The molecule has 2 atom stereocenters. The molecule has 0 amide bonds. The van der Waals surface area contributed by atoms with Gasteiger partial charge in [0.05, 0.1) is 17.2 Å². The van der Waals surface area contributed by atoms with Crippen molar-refractivity contribution in [3.8, 4) is 5.75 Å². The fourth-order valence-electron chi connectivity index (χ4n) is 3.14. The number of hydrogen-bond acceptors (Lipinski definition) is 2. The fourth-order valence-corrected chi connectivity index (χ4v) is 3.66. The summed E-state index contributed by atoms with van der Waals surface area (Å²) in [6.07, 6.45) is 3.14. The minimum absolute atomic E-state index is 0.227. The summed E-state index contributed by atoms with van der Waals surface area (Å²) in [5, 5.41) is 10.6. The van der Waals surface area contributed by atoms with Crippen molar-refractivity contribution in [1.29, 1.82) is 0 Å². The molecule has 1 aliphatic carbocycles. The highest BCUT2D eigenvalue weighted by Crippen LogP contribution is 2.49. The van der Waals surface area contributed by atoms with Crippen LogP contribution in [-0.2, 0) is 0 Å². The predicted octanol–water partition coefficient (Wildman–Crippen LogP) is 4.71. The van der Waals surface area contributed by atoms with Crippen molar-refractivity contribution in [2.24, 2.45) is 11.3 Å². The van der Waals surface area contributed by atoms with Crippen LogP contribution in [0.5, 0.6) is 5.75 Å². The Balaban J connectivity index is 2.20. The highest BCUT2D eigenvalue weighted by Gasteiger charge is 2.39. The quantitative estimate of drug-likeness (QED) is 0.868. The molecule has 1 aliphatic rings. The van der Waals surface area contributed by atoms with Crippen LogP contribution in [0.3, 0.4) is 0 Å². The van der Waals surface area contributed by atoms with E-state index in [0.717, 1.165) is 22.2 Å². The fraction of sp³-hybridized carbons (Fsp3) is 0.625. The van der Waals surface area contributed by atoms with Gasteiger partial charge < -0.3 is 9.84 Å². The molecule has 2 rings (SSSR count). The second kappa shape index (κ2) is 5.84. The zero-order valence-electron chi connectivity index (χ0n) is 11.9. The van der Waals surface area contributed by atoms with Crippen LogP contribution < -0.4 is 4.74 Å². The molecule has 1 N–H and O–H groups in total. The molecule has 1 aromatic rings. The number of ether oxygens (including phenoxy) is 1. The van der Waals surface area contributed by atoms with Crippen molar-refractivity contribution < 1.29 is 9.84 Å². The van der Waals surface area contributed by atoms with E-state index in [9.17, 15) is 5.11 Å². The number of benzene rings is 1. The third-order valence-electron chi connectivity index (χ3n) is 4.32. The Morgan fingerprint density at radius 3 is 2.74 bits per heavy atom. The van der Waals surface area contributed by atoms with Crippen molar-refractivity contribution in [2.75, 3.05) is 6.61 Å². The van der Waals surface area contributed by atoms with E-state index in [-0.39, 0.29) is 11.5 Å². The molecule has 0 heterocycles. The lowest BCUT2D eigenvalue weighted by molar-refractivity contribution is 0.0531. The first-order valence-corrected chi connectivity index (χ1v) is 7.85. The normalized spacial score (nSPS) is 23.3. The van der Waals surface area contributed by atoms with Crippen molar-refractivity contribution in [1.82, 2.24) is 0 Å². The number of aliphatic hydroxyl groups is 1. The average Bonchev–Trinajstić information content (AvgIpc) is 2.71.